The maximum atomic E-state index is 13.3. The number of fused-ring (bicyclic) bond motifs is 1. The fourth-order valence-corrected chi connectivity index (χ4v) is 2.83. The normalized spacial score (nSPS) is 12.6. The molecule has 5 nitrogen and oxygen atoms in total. The number of carbonyl (C=O) groups excluding carboxylic acids is 1. The van der Waals surface area contributed by atoms with Gasteiger partial charge in [0.2, 0.25) is 0 Å². The summed E-state index contributed by atoms with van der Waals surface area (Å²) in [6.45, 7) is 1.25. The number of rotatable bonds is 4. The van der Waals surface area contributed by atoms with Crippen LogP contribution in [0, 0.1) is 0 Å². The first-order chi connectivity index (χ1) is 12.3. The molecule has 1 aliphatic heterocycles. The summed E-state index contributed by atoms with van der Waals surface area (Å²) < 4.78 is 16.7. The minimum absolute atomic E-state index is 0.162. The Balaban J connectivity index is 1.73. The summed E-state index contributed by atoms with van der Waals surface area (Å²) in [4.78, 5) is 15.0. The third-order valence-electron chi connectivity index (χ3n) is 4.00. The van der Waals surface area contributed by atoms with Gasteiger partial charge in [-0.25, -0.2) is 0 Å². The zero-order valence-electron chi connectivity index (χ0n) is 13.6. The Bertz CT molecular complexity index is 859. The maximum Gasteiger partial charge on any atom is 0.262 e. The van der Waals surface area contributed by atoms with Crippen LogP contribution in [0.25, 0.3) is 0 Å². The van der Waals surface area contributed by atoms with Crippen LogP contribution in [-0.4, -0.2) is 19.1 Å². The highest BCUT2D eigenvalue weighted by molar-refractivity contribution is 6.08. The van der Waals surface area contributed by atoms with Crippen molar-refractivity contribution in [1.29, 1.82) is 0 Å². The lowest BCUT2D eigenvalue weighted by Crippen LogP contribution is -2.31. The zero-order valence-corrected chi connectivity index (χ0v) is 13.6. The number of para-hydroxylation sites is 2. The molecule has 0 bridgehead atoms. The van der Waals surface area contributed by atoms with E-state index < -0.39 is 0 Å². The molecule has 0 spiro atoms. The molecule has 0 atom stereocenters. The van der Waals surface area contributed by atoms with Crippen LogP contribution in [0.5, 0.6) is 11.5 Å². The van der Waals surface area contributed by atoms with Gasteiger partial charge in [-0.15, -0.1) is 0 Å². The standard InChI is InChI=1S/C20H17NO4/c22-20(17-9-4-10-18-19(17)25-13-12-24-18)21(14-16-8-5-11-23-16)15-6-2-1-3-7-15/h1-11H,12-14H2. The van der Waals surface area contributed by atoms with E-state index in [0.29, 0.717) is 42.6 Å². The molecule has 4 rings (SSSR count). The maximum absolute atomic E-state index is 13.3. The van der Waals surface area contributed by atoms with Crippen LogP contribution >= 0.6 is 0 Å². The van der Waals surface area contributed by atoms with Crippen LogP contribution in [0.4, 0.5) is 5.69 Å². The van der Waals surface area contributed by atoms with Gasteiger partial charge in [0.15, 0.2) is 11.5 Å². The predicted octanol–water partition coefficient (Wildman–Crippen LogP) is 3.90. The Labute approximate surface area is 145 Å². The molecule has 2 aromatic carbocycles. The Morgan fingerprint density at radius 2 is 1.76 bits per heavy atom. The largest absolute Gasteiger partial charge is 0.486 e. The van der Waals surface area contributed by atoms with Gasteiger partial charge in [-0.1, -0.05) is 24.3 Å². The number of carbonyl (C=O) groups is 1. The van der Waals surface area contributed by atoms with E-state index >= 15 is 0 Å². The Morgan fingerprint density at radius 3 is 2.56 bits per heavy atom. The summed E-state index contributed by atoms with van der Waals surface area (Å²) >= 11 is 0. The zero-order chi connectivity index (χ0) is 17.1. The first-order valence-corrected chi connectivity index (χ1v) is 8.11. The number of benzene rings is 2. The van der Waals surface area contributed by atoms with E-state index in [1.165, 1.54) is 0 Å². The average molecular weight is 335 g/mol. The quantitative estimate of drug-likeness (QED) is 0.726. The van der Waals surface area contributed by atoms with Crippen LogP contribution < -0.4 is 14.4 Å². The first-order valence-electron chi connectivity index (χ1n) is 8.11. The average Bonchev–Trinajstić information content (AvgIpc) is 3.19. The molecular formula is C20H17NO4. The molecule has 2 heterocycles. The minimum atomic E-state index is -0.162. The molecule has 0 saturated carbocycles. The van der Waals surface area contributed by atoms with Gasteiger partial charge in [-0.2, -0.15) is 0 Å². The van der Waals surface area contributed by atoms with Crippen LogP contribution in [0.1, 0.15) is 16.1 Å². The van der Waals surface area contributed by atoms with Gasteiger partial charge in [0, 0.05) is 5.69 Å². The van der Waals surface area contributed by atoms with E-state index in [1.807, 2.05) is 48.5 Å². The minimum Gasteiger partial charge on any atom is -0.486 e. The molecule has 3 aromatic rings. The summed E-state index contributed by atoms with van der Waals surface area (Å²) in [5.41, 5.74) is 1.27. The van der Waals surface area contributed by atoms with Gasteiger partial charge in [0.05, 0.1) is 18.4 Å². The molecule has 25 heavy (non-hydrogen) atoms. The van der Waals surface area contributed by atoms with Crippen molar-refractivity contribution in [1.82, 2.24) is 0 Å². The molecule has 1 amide bonds. The lowest BCUT2D eigenvalue weighted by Gasteiger charge is -2.25. The van der Waals surface area contributed by atoms with E-state index in [2.05, 4.69) is 0 Å². The second-order valence-corrected chi connectivity index (χ2v) is 5.64. The molecule has 0 aliphatic carbocycles. The summed E-state index contributed by atoms with van der Waals surface area (Å²) in [5, 5.41) is 0. The van der Waals surface area contributed by atoms with Gasteiger partial charge in [0.25, 0.3) is 5.91 Å². The molecule has 1 aromatic heterocycles. The highest BCUT2D eigenvalue weighted by Gasteiger charge is 2.26. The smallest absolute Gasteiger partial charge is 0.262 e. The molecule has 0 radical (unpaired) electrons. The highest BCUT2D eigenvalue weighted by atomic mass is 16.6. The van der Waals surface area contributed by atoms with Crippen molar-refractivity contribution in [2.75, 3.05) is 18.1 Å². The van der Waals surface area contributed by atoms with Crippen LogP contribution in [0.3, 0.4) is 0 Å². The topological polar surface area (TPSA) is 51.9 Å². The van der Waals surface area contributed by atoms with Crippen molar-refractivity contribution in [2.45, 2.75) is 6.54 Å². The van der Waals surface area contributed by atoms with E-state index in [1.54, 1.807) is 23.3 Å². The molecule has 0 fully saturated rings. The van der Waals surface area contributed by atoms with Crippen LogP contribution in [0.2, 0.25) is 0 Å². The SMILES string of the molecule is O=C(c1cccc2c1OCCO2)N(Cc1ccco1)c1ccccc1. The van der Waals surface area contributed by atoms with Gasteiger partial charge in [0.1, 0.15) is 19.0 Å². The molecule has 126 valence electrons. The lowest BCUT2D eigenvalue weighted by atomic mass is 10.1. The fourth-order valence-electron chi connectivity index (χ4n) is 2.83. The van der Waals surface area contributed by atoms with Crippen molar-refractivity contribution < 1.29 is 18.7 Å². The van der Waals surface area contributed by atoms with Crippen molar-refractivity contribution in [3.63, 3.8) is 0 Å². The summed E-state index contributed by atoms with van der Waals surface area (Å²) in [6, 6.07) is 18.5. The van der Waals surface area contributed by atoms with Crippen molar-refractivity contribution in [3.8, 4) is 11.5 Å². The first kappa shape index (κ1) is 15.3. The third kappa shape index (κ3) is 3.08. The lowest BCUT2D eigenvalue weighted by molar-refractivity contribution is 0.0972. The van der Waals surface area contributed by atoms with Gasteiger partial charge >= 0.3 is 0 Å². The summed E-state index contributed by atoms with van der Waals surface area (Å²) in [7, 11) is 0. The van der Waals surface area contributed by atoms with Crippen molar-refractivity contribution >= 4 is 11.6 Å². The second kappa shape index (κ2) is 6.73. The molecule has 0 unspecified atom stereocenters. The Morgan fingerprint density at radius 1 is 0.920 bits per heavy atom. The predicted molar refractivity (Wildman–Crippen MR) is 93.1 cm³/mol. The number of nitrogens with zero attached hydrogens (tertiary/aromatic N) is 1. The van der Waals surface area contributed by atoms with Gasteiger partial charge < -0.3 is 18.8 Å². The number of furan rings is 1. The summed E-state index contributed by atoms with van der Waals surface area (Å²) in [6.07, 6.45) is 1.60. The second-order valence-electron chi connectivity index (χ2n) is 5.64. The van der Waals surface area contributed by atoms with Gasteiger partial charge in [-0.05, 0) is 36.4 Å². The number of amides is 1. The number of hydrogen-bond donors (Lipinski definition) is 0. The fraction of sp³-hybridized carbons (Fsp3) is 0.150. The third-order valence-corrected chi connectivity index (χ3v) is 4.00. The van der Waals surface area contributed by atoms with Crippen LogP contribution in [-0.2, 0) is 6.54 Å². The molecular weight excluding hydrogens is 318 g/mol. The Kier molecular flexibility index (Phi) is 4.12. The van der Waals surface area contributed by atoms with Gasteiger partial charge in [-0.3, -0.25) is 4.79 Å². The highest BCUT2D eigenvalue weighted by Crippen LogP contribution is 2.35. The van der Waals surface area contributed by atoms with Crippen molar-refractivity contribution in [3.05, 3.63) is 78.3 Å². The Hall–Kier alpha value is -3.21. The number of anilines is 1. The van der Waals surface area contributed by atoms with Crippen LogP contribution in [0.15, 0.2) is 71.3 Å². The molecule has 1 aliphatic rings. The number of ether oxygens (including phenoxy) is 2. The monoisotopic (exact) mass is 335 g/mol. The molecule has 0 N–H and O–H groups in total. The van der Waals surface area contributed by atoms with E-state index in [0.717, 1.165) is 5.69 Å². The summed E-state index contributed by atoms with van der Waals surface area (Å²) in [5.74, 6) is 1.64. The molecule has 0 saturated heterocycles. The van der Waals surface area contributed by atoms with E-state index in [-0.39, 0.29) is 5.91 Å². The number of hydrogen-bond acceptors (Lipinski definition) is 4. The van der Waals surface area contributed by atoms with Crippen molar-refractivity contribution in [2.24, 2.45) is 0 Å². The molecule has 5 heteroatoms. The van der Waals surface area contributed by atoms with E-state index in [9.17, 15) is 4.79 Å². The van der Waals surface area contributed by atoms with E-state index in [4.69, 9.17) is 13.9 Å².